The lowest BCUT2D eigenvalue weighted by Crippen LogP contribution is -2.56. The summed E-state index contributed by atoms with van der Waals surface area (Å²) in [7, 11) is 0. The summed E-state index contributed by atoms with van der Waals surface area (Å²) >= 11 is 0. The summed E-state index contributed by atoms with van der Waals surface area (Å²) in [4.78, 5) is 26.4. The average molecular weight is 463 g/mol. The molecule has 0 bridgehead atoms. The Kier molecular flexibility index (Phi) is 6.16. The largest absolute Gasteiger partial charge is 0.396 e. The number of carbonyl (C=O) groups is 1. The van der Waals surface area contributed by atoms with Crippen LogP contribution in [0.3, 0.4) is 0 Å². The van der Waals surface area contributed by atoms with E-state index in [1.165, 1.54) is 0 Å². The average Bonchev–Trinajstić information content (AvgIpc) is 3.76. The van der Waals surface area contributed by atoms with Crippen molar-refractivity contribution in [3.05, 3.63) is 41.7 Å². The molecule has 0 radical (unpaired) electrons. The number of anilines is 4. The maximum Gasteiger partial charge on any atom is 0.225 e. The summed E-state index contributed by atoms with van der Waals surface area (Å²) in [6.07, 6.45) is 8.31. The number of amides is 1. The Bertz CT molecular complexity index is 1090. The maximum absolute atomic E-state index is 12.6. The number of nitrogen functional groups attached to an aromatic ring is 1. The van der Waals surface area contributed by atoms with E-state index in [2.05, 4.69) is 21.8 Å². The molecule has 2 saturated carbocycles. The third kappa shape index (κ3) is 4.46. The van der Waals surface area contributed by atoms with Gasteiger partial charge in [0.2, 0.25) is 5.91 Å². The minimum atomic E-state index is -0.103. The number of piperazine rings is 1. The monoisotopic (exact) mass is 462 g/mol. The van der Waals surface area contributed by atoms with Crippen LogP contribution in [0.5, 0.6) is 0 Å². The van der Waals surface area contributed by atoms with E-state index >= 15 is 0 Å². The maximum atomic E-state index is 12.6. The fourth-order valence-electron chi connectivity index (χ4n) is 4.98. The van der Waals surface area contributed by atoms with Crippen LogP contribution >= 0.6 is 0 Å². The first kappa shape index (κ1) is 22.7. The molecule has 180 valence electrons. The summed E-state index contributed by atoms with van der Waals surface area (Å²) in [5.41, 5.74) is 11.4. The van der Waals surface area contributed by atoms with Crippen molar-refractivity contribution < 1.29 is 9.90 Å². The Morgan fingerprint density at radius 2 is 2.12 bits per heavy atom. The number of aromatic nitrogens is 2. The normalized spacial score (nSPS) is 20.4. The number of nitrogens with two attached hydrogens (primary N) is 1. The Hall–Kier alpha value is -3.13. The predicted octanol–water partition coefficient (Wildman–Crippen LogP) is 3.44. The molecule has 1 saturated heterocycles. The van der Waals surface area contributed by atoms with Gasteiger partial charge in [-0.25, -0.2) is 9.97 Å². The molecule has 1 atom stereocenters. The lowest BCUT2D eigenvalue weighted by Gasteiger charge is -2.43. The van der Waals surface area contributed by atoms with Crippen molar-refractivity contribution in [3.8, 4) is 0 Å². The molecular formula is C26H34N6O2. The zero-order chi connectivity index (χ0) is 23.8. The van der Waals surface area contributed by atoms with Gasteiger partial charge in [0.15, 0.2) is 5.82 Å². The molecule has 0 unspecified atom stereocenters. The van der Waals surface area contributed by atoms with Crippen LogP contribution in [0.4, 0.5) is 23.0 Å². The van der Waals surface area contributed by atoms with Gasteiger partial charge in [0.25, 0.3) is 0 Å². The highest BCUT2D eigenvalue weighted by molar-refractivity contribution is 5.80. The topological polar surface area (TPSA) is 108 Å². The quantitative estimate of drug-likeness (QED) is 0.551. The Morgan fingerprint density at radius 1 is 1.32 bits per heavy atom. The number of hydrogen-bond acceptors (Lipinski definition) is 7. The Morgan fingerprint density at radius 3 is 2.79 bits per heavy atom. The lowest BCUT2D eigenvalue weighted by atomic mass is 10.0. The zero-order valence-corrected chi connectivity index (χ0v) is 19.8. The van der Waals surface area contributed by atoms with Crippen molar-refractivity contribution in [1.29, 1.82) is 0 Å². The minimum absolute atomic E-state index is 0.0450. The van der Waals surface area contributed by atoms with Crippen LogP contribution in [0.2, 0.25) is 0 Å². The highest BCUT2D eigenvalue weighted by atomic mass is 16.3. The first-order valence-corrected chi connectivity index (χ1v) is 12.3. The third-order valence-corrected chi connectivity index (χ3v) is 7.27. The molecule has 3 fully saturated rings. The van der Waals surface area contributed by atoms with Crippen LogP contribution in [-0.4, -0.2) is 58.2 Å². The van der Waals surface area contributed by atoms with E-state index in [9.17, 15) is 9.90 Å². The molecule has 8 nitrogen and oxygen atoms in total. The van der Waals surface area contributed by atoms with E-state index in [0.717, 1.165) is 66.4 Å². The van der Waals surface area contributed by atoms with Gasteiger partial charge in [-0.3, -0.25) is 4.79 Å². The summed E-state index contributed by atoms with van der Waals surface area (Å²) in [6.45, 7) is 7.85. The second-order valence-corrected chi connectivity index (χ2v) is 9.72. The lowest BCUT2D eigenvalue weighted by molar-refractivity contribution is -0.135. The van der Waals surface area contributed by atoms with Crippen LogP contribution in [0.25, 0.3) is 6.08 Å². The van der Waals surface area contributed by atoms with E-state index in [-0.39, 0.29) is 25.0 Å². The molecule has 5 rings (SSSR count). The van der Waals surface area contributed by atoms with Crippen molar-refractivity contribution in [2.75, 3.05) is 42.2 Å². The number of pyridine rings is 2. The van der Waals surface area contributed by atoms with E-state index in [1.807, 2.05) is 24.0 Å². The van der Waals surface area contributed by atoms with Crippen molar-refractivity contribution in [2.24, 2.45) is 5.92 Å². The summed E-state index contributed by atoms with van der Waals surface area (Å²) in [6, 6.07) is 4.04. The van der Waals surface area contributed by atoms with Gasteiger partial charge in [0.05, 0.1) is 29.7 Å². The molecule has 8 heteroatoms. The molecule has 0 aromatic carbocycles. The first-order valence-electron chi connectivity index (χ1n) is 12.3. The van der Waals surface area contributed by atoms with E-state index in [4.69, 9.17) is 10.7 Å². The van der Waals surface area contributed by atoms with Crippen LogP contribution in [0.1, 0.15) is 54.8 Å². The van der Waals surface area contributed by atoms with E-state index in [1.54, 1.807) is 12.3 Å². The Balaban J connectivity index is 1.45. The number of nitrogens with zero attached hydrogens (tertiary/aromatic N) is 4. The number of nitrogens with one attached hydrogen (secondary N) is 1. The van der Waals surface area contributed by atoms with Crippen molar-refractivity contribution in [3.63, 3.8) is 0 Å². The molecule has 34 heavy (non-hydrogen) atoms. The van der Waals surface area contributed by atoms with Gasteiger partial charge in [-0.2, -0.15) is 0 Å². The van der Waals surface area contributed by atoms with Gasteiger partial charge < -0.3 is 26.0 Å². The summed E-state index contributed by atoms with van der Waals surface area (Å²) in [5, 5.41) is 12.7. The van der Waals surface area contributed by atoms with Gasteiger partial charge in [0.1, 0.15) is 5.82 Å². The van der Waals surface area contributed by atoms with E-state index in [0.29, 0.717) is 30.6 Å². The van der Waals surface area contributed by atoms with Crippen LogP contribution < -0.4 is 16.0 Å². The summed E-state index contributed by atoms with van der Waals surface area (Å²) < 4.78 is 0. The molecule has 3 aliphatic rings. The smallest absolute Gasteiger partial charge is 0.225 e. The fraction of sp³-hybridized carbons (Fsp3) is 0.500. The highest BCUT2D eigenvalue weighted by Crippen LogP contribution is 2.47. The fourth-order valence-corrected chi connectivity index (χ4v) is 4.98. The predicted molar refractivity (Wildman–Crippen MR) is 135 cm³/mol. The van der Waals surface area contributed by atoms with Gasteiger partial charge in [0, 0.05) is 43.7 Å². The molecule has 3 heterocycles. The van der Waals surface area contributed by atoms with Gasteiger partial charge in [-0.05, 0) is 56.2 Å². The molecule has 2 aliphatic carbocycles. The molecule has 4 N–H and O–H groups in total. The molecule has 2 aromatic heterocycles. The van der Waals surface area contributed by atoms with Gasteiger partial charge in [-0.15, -0.1) is 0 Å². The SMILES string of the molecule is C=Cc1ccnc(Nc2c(C3CC3)nc(N3CCN(C(=O)CCO)[C@H](C4CC4)C3)c(N)c2C)c1. The number of hydrogen-bond donors (Lipinski definition) is 3. The second-order valence-electron chi connectivity index (χ2n) is 9.72. The molecule has 2 aromatic rings. The number of aliphatic hydroxyl groups is 1. The highest BCUT2D eigenvalue weighted by Gasteiger charge is 2.41. The van der Waals surface area contributed by atoms with Crippen molar-refractivity contribution in [1.82, 2.24) is 14.9 Å². The number of carbonyl (C=O) groups excluding carboxylic acids is 1. The molecular weight excluding hydrogens is 428 g/mol. The standard InChI is InChI=1S/C26H34N6O2/c1-3-17-8-10-28-21(14-17)29-24-16(2)23(27)26(30-25(24)19-6-7-19)31-11-12-32(22(34)9-13-33)20(15-31)18-4-5-18/h3,8,10,14,18-20,33H,1,4-7,9,11-13,15,27H2,2H3,(H,28,29)/t20-/m0/s1. The van der Waals surface area contributed by atoms with Crippen LogP contribution in [0, 0.1) is 12.8 Å². The number of rotatable bonds is 8. The van der Waals surface area contributed by atoms with Gasteiger partial charge in [-0.1, -0.05) is 12.7 Å². The van der Waals surface area contributed by atoms with Gasteiger partial charge >= 0.3 is 0 Å². The van der Waals surface area contributed by atoms with Crippen molar-refractivity contribution >= 4 is 35.0 Å². The summed E-state index contributed by atoms with van der Waals surface area (Å²) in [5.74, 6) is 2.58. The van der Waals surface area contributed by atoms with Crippen LogP contribution in [-0.2, 0) is 4.79 Å². The second kappa shape index (κ2) is 9.25. The Labute approximate surface area is 200 Å². The minimum Gasteiger partial charge on any atom is -0.396 e. The number of aliphatic hydroxyl groups excluding tert-OH is 1. The molecule has 1 aliphatic heterocycles. The molecule has 0 spiro atoms. The zero-order valence-electron chi connectivity index (χ0n) is 19.8. The van der Waals surface area contributed by atoms with E-state index < -0.39 is 0 Å². The first-order chi connectivity index (χ1) is 16.5. The van der Waals surface area contributed by atoms with Crippen LogP contribution in [0.15, 0.2) is 24.9 Å². The van der Waals surface area contributed by atoms with Crippen molar-refractivity contribution in [2.45, 2.75) is 51.0 Å². The third-order valence-electron chi connectivity index (χ3n) is 7.27. The molecule has 1 amide bonds.